The zero-order valence-electron chi connectivity index (χ0n) is 10.3. The molecule has 0 aromatic heterocycles. The van der Waals surface area contributed by atoms with Gasteiger partial charge in [0.05, 0.1) is 6.04 Å². The van der Waals surface area contributed by atoms with Crippen molar-refractivity contribution in [3.63, 3.8) is 0 Å². The van der Waals surface area contributed by atoms with Gasteiger partial charge in [-0.1, -0.05) is 18.2 Å². The molecule has 17 heavy (non-hydrogen) atoms. The van der Waals surface area contributed by atoms with Crippen molar-refractivity contribution in [2.45, 2.75) is 19.5 Å². The molecule has 0 aliphatic heterocycles. The molecule has 1 aromatic rings. The number of likely N-dealkylation sites (N-methyl/N-ethyl adjacent to an activating group) is 1. The number of para-hydroxylation sites is 1. The molecule has 0 aliphatic carbocycles. The largest absolute Gasteiger partial charge is 0.508 e. The fourth-order valence-electron chi connectivity index (χ4n) is 1.40. The van der Waals surface area contributed by atoms with E-state index in [4.69, 9.17) is 0 Å². The summed E-state index contributed by atoms with van der Waals surface area (Å²) < 4.78 is 0. The Morgan fingerprint density at radius 1 is 1.41 bits per heavy atom. The highest BCUT2D eigenvalue weighted by Gasteiger charge is 2.14. The summed E-state index contributed by atoms with van der Waals surface area (Å²) >= 11 is 0. The van der Waals surface area contributed by atoms with Crippen molar-refractivity contribution in [3.8, 4) is 5.75 Å². The van der Waals surface area contributed by atoms with E-state index in [1.54, 1.807) is 31.1 Å². The molecule has 96 valence electrons. The Labute approximate surface area is 108 Å². The molecule has 0 fully saturated rings. The number of phenolic OH excluding ortho intramolecular Hbond substituents is 1. The van der Waals surface area contributed by atoms with E-state index < -0.39 is 0 Å². The predicted octanol–water partition coefficient (Wildman–Crippen LogP) is 1.38. The quantitative estimate of drug-likeness (QED) is 0.858. The standard InChI is InChI=1S/C12H18N2O2.ClH/c1-9(12(16)14(2)3)13-8-10-6-4-5-7-11(10)15;/h4-7,9,13,15H,8H2,1-3H3;1H/t9-;/m1./s1. The molecule has 1 atom stereocenters. The molecule has 4 nitrogen and oxygen atoms in total. The average Bonchev–Trinajstić information content (AvgIpc) is 2.26. The van der Waals surface area contributed by atoms with Crippen LogP contribution in [0.4, 0.5) is 0 Å². The van der Waals surface area contributed by atoms with Gasteiger partial charge in [-0.15, -0.1) is 12.4 Å². The van der Waals surface area contributed by atoms with Gasteiger partial charge in [0.15, 0.2) is 0 Å². The van der Waals surface area contributed by atoms with Crippen LogP contribution in [0.3, 0.4) is 0 Å². The van der Waals surface area contributed by atoms with Gasteiger partial charge in [-0.25, -0.2) is 0 Å². The van der Waals surface area contributed by atoms with E-state index in [-0.39, 0.29) is 30.1 Å². The second-order valence-electron chi connectivity index (χ2n) is 3.96. The van der Waals surface area contributed by atoms with E-state index in [1.165, 1.54) is 0 Å². The van der Waals surface area contributed by atoms with Crippen LogP contribution in [0.5, 0.6) is 5.75 Å². The van der Waals surface area contributed by atoms with Gasteiger partial charge >= 0.3 is 0 Å². The van der Waals surface area contributed by atoms with Gasteiger partial charge in [0.1, 0.15) is 5.75 Å². The second-order valence-corrected chi connectivity index (χ2v) is 3.96. The zero-order chi connectivity index (χ0) is 12.1. The molecule has 0 heterocycles. The van der Waals surface area contributed by atoms with Crippen molar-refractivity contribution in [2.24, 2.45) is 0 Å². The fraction of sp³-hybridized carbons (Fsp3) is 0.417. The summed E-state index contributed by atoms with van der Waals surface area (Å²) in [6.07, 6.45) is 0. The normalized spacial score (nSPS) is 11.5. The Kier molecular flexibility index (Phi) is 6.61. The molecule has 1 rings (SSSR count). The van der Waals surface area contributed by atoms with E-state index in [9.17, 15) is 9.90 Å². The molecule has 1 aromatic carbocycles. The maximum atomic E-state index is 11.5. The van der Waals surface area contributed by atoms with Crippen molar-refractivity contribution in [1.82, 2.24) is 10.2 Å². The van der Waals surface area contributed by atoms with Crippen molar-refractivity contribution in [2.75, 3.05) is 14.1 Å². The molecular formula is C12H19ClN2O2. The first kappa shape index (κ1) is 15.7. The number of hydrogen-bond donors (Lipinski definition) is 2. The molecule has 1 amide bonds. The summed E-state index contributed by atoms with van der Waals surface area (Å²) in [7, 11) is 3.45. The van der Waals surface area contributed by atoms with Gasteiger partial charge < -0.3 is 15.3 Å². The van der Waals surface area contributed by atoms with Crippen LogP contribution >= 0.6 is 12.4 Å². The Morgan fingerprint density at radius 2 is 2.00 bits per heavy atom. The third kappa shape index (κ3) is 4.63. The lowest BCUT2D eigenvalue weighted by Crippen LogP contribution is -2.41. The van der Waals surface area contributed by atoms with Gasteiger partial charge in [0, 0.05) is 26.2 Å². The van der Waals surface area contributed by atoms with Gasteiger partial charge in [-0.3, -0.25) is 4.79 Å². The van der Waals surface area contributed by atoms with Crippen molar-refractivity contribution < 1.29 is 9.90 Å². The fourth-order valence-corrected chi connectivity index (χ4v) is 1.40. The van der Waals surface area contributed by atoms with Crippen LogP contribution in [0.25, 0.3) is 0 Å². The molecule has 2 N–H and O–H groups in total. The maximum Gasteiger partial charge on any atom is 0.238 e. The molecular weight excluding hydrogens is 240 g/mol. The molecule has 0 spiro atoms. The first-order chi connectivity index (χ1) is 7.52. The minimum atomic E-state index is -0.255. The number of rotatable bonds is 4. The monoisotopic (exact) mass is 258 g/mol. The molecule has 0 saturated heterocycles. The number of carbonyl (C=O) groups excluding carboxylic acids is 1. The van der Waals surface area contributed by atoms with Gasteiger partial charge in [-0.2, -0.15) is 0 Å². The zero-order valence-corrected chi connectivity index (χ0v) is 11.1. The minimum Gasteiger partial charge on any atom is -0.508 e. The number of aromatic hydroxyl groups is 1. The van der Waals surface area contributed by atoms with Crippen molar-refractivity contribution in [1.29, 1.82) is 0 Å². The molecule has 0 saturated carbocycles. The molecule has 0 aliphatic rings. The highest BCUT2D eigenvalue weighted by Crippen LogP contribution is 2.14. The van der Waals surface area contributed by atoms with Gasteiger partial charge in [-0.05, 0) is 13.0 Å². The summed E-state index contributed by atoms with van der Waals surface area (Å²) in [6, 6.07) is 6.84. The lowest BCUT2D eigenvalue weighted by atomic mass is 10.2. The van der Waals surface area contributed by atoms with Crippen LogP contribution in [0.15, 0.2) is 24.3 Å². The first-order valence-corrected chi connectivity index (χ1v) is 5.23. The lowest BCUT2D eigenvalue weighted by Gasteiger charge is -2.18. The van der Waals surface area contributed by atoms with Crippen LogP contribution in [0.2, 0.25) is 0 Å². The molecule has 5 heteroatoms. The Hall–Kier alpha value is -1.26. The SMILES string of the molecule is C[C@@H](NCc1ccccc1O)C(=O)N(C)C.Cl. The highest BCUT2D eigenvalue weighted by atomic mass is 35.5. The number of carbonyl (C=O) groups is 1. The van der Waals surface area contributed by atoms with Gasteiger partial charge in [0.25, 0.3) is 0 Å². The number of benzene rings is 1. The number of amides is 1. The lowest BCUT2D eigenvalue weighted by molar-refractivity contribution is -0.130. The van der Waals surface area contributed by atoms with Gasteiger partial charge in [0.2, 0.25) is 5.91 Å². The molecule has 0 unspecified atom stereocenters. The smallest absolute Gasteiger partial charge is 0.238 e. The summed E-state index contributed by atoms with van der Waals surface area (Å²) in [5.74, 6) is 0.273. The highest BCUT2D eigenvalue weighted by molar-refractivity contribution is 5.85. The first-order valence-electron chi connectivity index (χ1n) is 5.23. The van der Waals surface area contributed by atoms with Crippen LogP contribution in [-0.4, -0.2) is 36.1 Å². The van der Waals surface area contributed by atoms with Crippen molar-refractivity contribution in [3.05, 3.63) is 29.8 Å². The minimum absolute atomic E-state index is 0. The van der Waals surface area contributed by atoms with E-state index in [2.05, 4.69) is 5.32 Å². The predicted molar refractivity (Wildman–Crippen MR) is 70.4 cm³/mol. The van der Waals surface area contributed by atoms with E-state index in [0.29, 0.717) is 6.54 Å². The Morgan fingerprint density at radius 3 is 2.53 bits per heavy atom. The van der Waals surface area contributed by atoms with Crippen LogP contribution in [0, 0.1) is 0 Å². The topological polar surface area (TPSA) is 52.6 Å². The van der Waals surface area contributed by atoms with E-state index in [1.807, 2.05) is 19.1 Å². The Balaban J connectivity index is 0.00000256. The van der Waals surface area contributed by atoms with E-state index in [0.717, 1.165) is 5.56 Å². The number of hydrogen-bond acceptors (Lipinski definition) is 3. The summed E-state index contributed by atoms with van der Waals surface area (Å²) in [5.41, 5.74) is 0.793. The average molecular weight is 259 g/mol. The number of nitrogens with one attached hydrogen (secondary N) is 1. The summed E-state index contributed by atoms with van der Waals surface area (Å²) in [5, 5.41) is 12.6. The molecule has 0 radical (unpaired) electrons. The summed E-state index contributed by atoms with van der Waals surface area (Å²) in [4.78, 5) is 13.1. The maximum absolute atomic E-state index is 11.5. The van der Waals surface area contributed by atoms with Crippen LogP contribution in [0.1, 0.15) is 12.5 Å². The van der Waals surface area contributed by atoms with Crippen LogP contribution in [-0.2, 0) is 11.3 Å². The number of phenols is 1. The van der Waals surface area contributed by atoms with E-state index >= 15 is 0 Å². The number of halogens is 1. The van der Waals surface area contributed by atoms with Crippen LogP contribution < -0.4 is 5.32 Å². The second kappa shape index (κ2) is 7.14. The molecule has 0 bridgehead atoms. The third-order valence-electron chi connectivity index (χ3n) is 2.40. The number of nitrogens with zero attached hydrogens (tertiary/aromatic N) is 1. The summed E-state index contributed by atoms with van der Waals surface area (Å²) in [6.45, 7) is 2.29. The third-order valence-corrected chi connectivity index (χ3v) is 2.40. The Bertz CT molecular complexity index is 369. The van der Waals surface area contributed by atoms with Crippen molar-refractivity contribution >= 4 is 18.3 Å².